The lowest BCUT2D eigenvalue weighted by atomic mass is 10.3. The SMILES string of the molecule is Clc1sc(OC2CCNC2)c(Cl)c1Cl. The van der Waals surface area contributed by atoms with Crippen molar-refractivity contribution in [3.8, 4) is 5.06 Å². The summed E-state index contributed by atoms with van der Waals surface area (Å²) >= 11 is 18.9. The van der Waals surface area contributed by atoms with Gasteiger partial charge in [-0.1, -0.05) is 46.1 Å². The monoisotopic (exact) mass is 271 g/mol. The fourth-order valence-corrected chi connectivity index (χ4v) is 2.95. The third-order valence-corrected chi connectivity index (χ3v) is 4.46. The molecule has 1 saturated heterocycles. The van der Waals surface area contributed by atoms with Crippen LogP contribution in [0.1, 0.15) is 6.42 Å². The Morgan fingerprint density at radius 1 is 1.29 bits per heavy atom. The van der Waals surface area contributed by atoms with Gasteiger partial charge in [-0.2, -0.15) is 0 Å². The number of hydrogen-bond acceptors (Lipinski definition) is 3. The van der Waals surface area contributed by atoms with Gasteiger partial charge < -0.3 is 10.1 Å². The number of ether oxygens (including phenoxy) is 1. The number of halogens is 3. The van der Waals surface area contributed by atoms with Crippen LogP contribution in [0.15, 0.2) is 0 Å². The zero-order valence-corrected chi connectivity index (χ0v) is 10.2. The van der Waals surface area contributed by atoms with Crippen molar-refractivity contribution >= 4 is 46.1 Å². The van der Waals surface area contributed by atoms with E-state index in [0.29, 0.717) is 19.4 Å². The van der Waals surface area contributed by atoms with E-state index in [1.165, 1.54) is 11.3 Å². The van der Waals surface area contributed by atoms with Crippen LogP contribution in [0.25, 0.3) is 0 Å². The molecule has 1 unspecified atom stereocenters. The Hall–Kier alpha value is 0.330. The lowest BCUT2D eigenvalue weighted by molar-refractivity contribution is 0.230. The van der Waals surface area contributed by atoms with Gasteiger partial charge in [0.05, 0.1) is 5.02 Å². The summed E-state index contributed by atoms with van der Waals surface area (Å²) in [5, 5.41) is 4.64. The lowest BCUT2D eigenvalue weighted by Crippen LogP contribution is -2.19. The van der Waals surface area contributed by atoms with E-state index < -0.39 is 0 Å². The molecule has 1 aliphatic rings. The van der Waals surface area contributed by atoms with Crippen LogP contribution in [-0.2, 0) is 0 Å². The number of thiophene rings is 1. The summed E-state index contributed by atoms with van der Waals surface area (Å²) in [6.07, 6.45) is 1.17. The molecule has 78 valence electrons. The van der Waals surface area contributed by atoms with Crippen molar-refractivity contribution < 1.29 is 4.74 Å². The first-order chi connectivity index (χ1) is 6.68. The average molecular weight is 273 g/mol. The third-order valence-electron chi connectivity index (χ3n) is 2.02. The van der Waals surface area contributed by atoms with Crippen LogP contribution in [0.3, 0.4) is 0 Å². The van der Waals surface area contributed by atoms with Gasteiger partial charge >= 0.3 is 0 Å². The molecule has 2 heterocycles. The van der Waals surface area contributed by atoms with Gasteiger partial charge in [0.1, 0.15) is 15.5 Å². The summed E-state index contributed by atoms with van der Waals surface area (Å²) in [7, 11) is 0. The number of rotatable bonds is 2. The number of nitrogens with one attached hydrogen (secondary N) is 1. The minimum atomic E-state index is 0.179. The molecule has 1 N–H and O–H groups in total. The van der Waals surface area contributed by atoms with Gasteiger partial charge in [0, 0.05) is 6.54 Å². The van der Waals surface area contributed by atoms with E-state index in [2.05, 4.69) is 5.32 Å². The molecule has 6 heteroatoms. The Bertz CT molecular complexity index is 336. The van der Waals surface area contributed by atoms with Gasteiger partial charge in [-0.3, -0.25) is 0 Å². The van der Waals surface area contributed by atoms with E-state index in [4.69, 9.17) is 39.5 Å². The van der Waals surface area contributed by atoms with Crippen molar-refractivity contribution in [1.82, 2.24) is 5.32 Å². The Morgan fingerprint density at radius 3 is 2.57 bits per heavy atom. The van der Waals surface area contributed by atoms with E-state index in [1.54, 1.807) is 0 Å². The second-order valence-corrected chi connectivity index (χ2v) is 5.37. The van der Waals surface area contributed by atoms with E-state index in [0.717, 1.165) is 19.5 Å². The zero-order chi connectivity index (χ0) is 10.1. The highest BCUT2D eigenvalue weighted by Gasteiger charge is 2.21. The van der Waals surface area contributed by atoms with Crippen molar-refractivity contribution in [1.29, 1.82) is 0 Å². The maximum absolute atomic E-state index is 5.94. The van der Waals surface area contributed by atoms with Gasteiger partial charge in [0.25, 0.3) is 0 Å². The highest BCUT2D eigenvalue weighted by molar-refractivity contribution is 7.19. The highest BCUT2D eigenvalue weighted by Crippen LogP contribution is 2.46. The number of hydrogen-bond donors (Lipinski definition) is 1. The molecule has 2 nitrogen and oxygen atoms in total. The van der Waals surface area contributed by atoms with Gasteiger partial charge in [-0.25, -0.2) is 0 Å². The van der Waals surface area contributed by atoms with Crippen molar-refractivity contribution in [3.63, 3.8) is 0 Å². The van der Waals surface area contributed by atoms with Gasteiger partial charge in [-0.05, 0) is 13.0 Å². The molecule has 14 heavy (non-hydrogen) atoms. The summed E-state index contributed by atoms with van der Waals surface area (Å²) < 4.78 is 6.15. The van der Waals surface area contributed by atoms with Gasteiger partial charge in [-0.15, -0.1) is 0 Å². The summed E-state index contributed by atoms with van der Waals surface area (Å²) in [5.41, 5.74) is 0. The van der Waals surface area contributed by atoms with E-state index in [9.17, 15) is 0 Å². The minimum Gasteiger partial charge on any atom is -0.478 e. The third kappa shape index (κ3) is 2.12. The summed E-state index contributed by atoms with van der Waals surface area (Å²) in [4.78, 5) is 0. The van der Waals surface area contributed by atoms with E-state index >= 15 is 0 Å². The quantitative estimate of drug-likeness (QED) is 0.890. The Balaban J connectivity index is 2.12. The van der Waals surface area contributed by atoms with E-state index in [1.807, 2.05) is 0 Å². The predicted molar refractivity (Wildman–Crippen MR) is 61.3 cm³/mol. The molecule has 1 atom stereocenters. The molecule has 1 fully saturated rings. The van der Waals surface area contributed by atoms with Crippen molar-refractivity contribution in [2.45, 2.75) is 12.5 Å². The topological polar surface area (TPSA) is 21.3 Å². The smallest absolute Gasteiger partial charge is 0.196 e. The molecule has 0 radical (unpaired) electrons. The molecule has 0 amide bonds. The van der Waals surface area contributed by atoms with Crippen molar-refractivity contribution in [3.05, 3.63) is 14.4 Å². The standard InChI is InChI=1S/C8H8Cl3NOS/c9-5-6(10)8(14-7(5)11)13-4-1-2-12-3-4/h4,12H,1-3H2. The Labute approximate surface area is 101 Å². The summed E-state index contributed by atoms with van der Waals surface area (Å²) in [5.74, 6) is 0. The molecule has 0 bridgehead atoms. The molecule has 0 spiro atoms. The predicted octanol–water partition coefficient (Wildman–Crippen LogP) is 3.45. The first-order valence-corrected chi connectivity index (χ1v) is 6.14. The van der Waals surface area contributed by atoms with Gasteiger partial charge in [0.2, 0.25) is 0 Å². The molecule has 0 aliphatic carbocycles. The van der Waals surface area contributed by atoms with Crippen LogP contribution in [-0.4, -0.2) is 19.2 Å². The van der Waals surface area contributed by atoms with E-state index in [-0.39, 0.29) is 6.10 Å². The molecule has 0 saturated carbocycles. The van der Waals surface area contributed by atoms with Crippen LogP contribution in [0.2, 0.25) is 14.4 Å². The molecule has 1 aromatic rings. The fourth-order valence-electron chi connectivity index (χ4n) is 1.30. The Kier molecular flexibility index (Phi) is 3.45. The first-order valence-electron chi connectivity index (χ1n) is 4.19. The minimum absolute atomic E-state index is 0.179. The molecular weight excluding hydrogens is 265 g/mol. The summed E-state index contributed by atoms with van der Waals surface area (Å²) in [6.45, 7) is 1.83. The van der Waals surface area contributed by atoms with Gasteiger partial charge in [0.15, 0.2) is 5.06 Å². The second kappa shape index (κ2) is 4.45. The lowest BCUT2D eigenvalue weighted by Gasteiger charge is -2.10. The van der Waals surface area contributed by atoms with Crippen LogP contribution in [0.5, 0.6) is 5.06 Å². The van der Waals surface area contributed by atoms with Crippen LogP contribution in [0, 0.1) is 0 Å². The molecule has 1 aliphatic heterocycles. The fraction of sp³-hybridized carbons (Fsp3) is 0.500. The van der Waals surface area contributed by atoms with Crippen LogP contribution >= 0.6 is 46.1 Å². The molecule has 0 aromatic carbocycles. The summed E-state index contributed by atoms with van der Waals surface area (Å²) in [6, 6.07) is 0. The molecule has 2 rings (SSSR count). The zero-order valence-electron chi connectivity index (χ0n) is 7.15. The molecule has 1 aromatic heterocycles. The molecular formula is C8H8Cl3NOS. The first kappa shape index (κ1) is 10.8. The second-order valence-electron chi connectivity index (χ2n) is 3.02. The van der Waals surface area contributed by atoms with Crippen LogP contribution in [0.4, 0.5) is 0 Å². The average Bonchev–Trinajstić information content (AvgIpc) is 2.73. The van der Waals surface area contributed by atoms with Crippen molar-refractivity contribution in [2.24, 2.45) is 0 Å². The van der Waals surface area contributed by atoms with Crippen molar-refractivity contribution in [2.75, 3.05) is 13.1 Å². The van der Waals surface area contributed by atoms with Crippen LogP contribution < -0.4 is 10.1 Å². The highest BCUT2D eigenvalue weighted by atomic mass is 35.5. The maximum atomic E-state index is 5.94. The maximum Gasteiger partial charge on any atom is 0.196 e. The Morgan fingerprint density at radius 2 is 2.07 bits per heavy atom. The largest absolute Gasteiger partial charge is 0.478 e. The normalized spacial score (nSPS) is 21.5.